The van der Waals surface area contributed by atoms with Crippen molar-refractivity contribution >= 4 is 21.7 Å². The van der Waals surface area contributed by atoms with Gasteiger partial charge in [-0.05, 0) is 56.0 Å². The molecule has 1 fully saturated rings. The second-order valence-corrected chi connectivity index (χ2v) is 9.71. The predicted molar refractivity (Wildman–Crippen MR) is 116 cm³/mol. The summed E-state index contributed by atoms with van der Waals surface area (Å²) >= 11 is 0. The number of anilines is 2. The van der Waals surface area contributed by atoms with Crippen LogP contribution in [0.4, 0.5) is 11.6 Å². The Morgan fingerprint density at radius 2 is 1.87 bits per heavy atom. The number of H-pyrrole nitrogens is 1. The van der Waals surface area contributed by atoms with E-state index in [9.17, 15) is 8.42 Å². The highest BCUT2D eigenvalue weighted by molar-refractivity contribution is 7.89. The third-order valence-corrected chi connectivity index (χ3v) is 6.48. The van der Waals surface area contributed by atoms with E-state index in [0.29, 0.717) is 30.0 Å². The van der Waals surface area contributed by atoms with Crippen molar-refractivity contribution in [3.05, 3.63) is 48.0 Å². The first-order valence-electron chi connectivity index (χ1n) is 10.1. The van der Waals surface area contributed by atoms with Gasteiger partial charge in [-0.3, -0.25) is 0 Å². The summed E-state index contributed by atoms with van der Waals surface area (Å²) in [6, 6.07) is 8.40. The predicted octanol–water partition coefficient (Wildman–Crippen LogP) is 3.73. The first kappa shape index (κ1) is 20.5. The van der Waals surface area contributed by atoms with Crippen molar-refractivity contribution < 1.29 is 8.42 Å². The Morgan fingerprint density at radius 3 is 2.50 bits per heavy atom. The molecule has 30 heavy (non-hydrogen) atoms. The summed E-state index contributed by atoms with van der Waals surface area (Å²) in [4.78, 5) is 17.0. The van der Waals surface area contributed by atoms with Crippen molar-refractivity contribution in [2.75, 3.05) is 11.9 Å². The number of nitrogens with zero attached hydrogens (tertiary/aromatic N) is 3. The highest BCUT2D eigenvalue weighted by Gasteiger charge is 2.24. The van der Waals surface area contributed by atoms with Gasteiger partial charge in [-0.2, -0.15) is 0 Å². The van der Waals surface area contributed by atoms with E-state index in [0.717, 1.165) is 35.7 Å². The zero-order valence-electron chi connectivity index (χ0n) is 17.3. The van der Waals surface area contributed by atoms with Crippen molar-refractivity contribution in [3.8, 4) is 11.4 Å². The summed E-state index contributed by atoms with van der Waals surface area (Å²) in [7, 11) is -3.48. The molecular formula is C21H26N6O2S. The highest BCUT2D eigenvalue weighted by Crippen LogP contribution is 2.28. The lowest BCUT2D eigenvalue weighted by Crippen LogP contribution is -2.25. The van der Waals surface area contributed by atoms with Gasteiger partial charge in [-0.1, -0.05) is 13.8 Å². The first-order valence-corrected chi connectivity index (χ1v) is 11.6. The van der Waals surface area contributed by atoms with E-state index in [2.05, 4.69) is 43.8 Å². The third-order valence-electron chi connectivity index (χ3n) is 5.04. The smallest absolute Gasteiger partial charge is 0.240 e. The Hall–Kier alpha value is -2.78. The van der Waals surface area contributed by atoms with Gasteiger partial charge in [-0.15, -0.1) is 0 Å². The number of aromatic nitrogens is 4. The highest BCUT2D eigenvalue weighted by atomic mass is 32.2. The molecule has 0 spiro atoms. The quantitative estimate of drug-likeness (QED) is 0.506. The Labute approximate surface area is 176 Å². The monoisotopic (exact) mass is 426 g/mol. The molecule has 2 aromatic heterocycles. The molecule has 2 heterocycles. The van der Waals surface area contributed by atoms with Crippen LogP contribution in [0.15, 0.2) is 41.4 Å². The van der Waals surface area contributed by atoms with Gasteiger partial charge in [0.25, 0.3) is 0 Å². The largest absolute Gasteiger partial charge is 0.340 e. The van der Waals surface area contributed by atoms with E-state index in [1.165, 1.54) is 0 Å². The normalized spacial score (nSPS) is 14.3. The van der Waals surface area contributed by atoms with Crippen molar-refractivity contribution in [1.82, 2.24) is 24.7 Å². The number of hydrogen-bond donors (Lipinski definition) is 3. The van der Waals surface area contributed by atoms with Crippen molar-refractivity contribution in [1.29, 1.82) is 0 Å². The average Bonchev–Trinajstić information content (AvgIpc) is 3.47. The second kappa shape index (κ2) is 8.16. The number of aryl methyl sites for hydroxylation is 1. The van der Waals surface area contributed by atoms with Crippen molar-refractivity contribution in [2.45, 2.75) is 44.4 Å². The summed E-state index contributed by atoms with van der Waals surface area (Å²) in [5, 5.41) is 3.13. The van der Waals surface area contributed by atoms with Gasteiger partial charge >= 0.3 is 0 Å². The van der Waals surface area contributed by atoms with Crippen LogP contribution in [0.5, 0.6) is 0 Å². The minimum atomic E-state index is -3.48. The Balaban J connectivity index is 1.49. The molecule has 4 rings (SSSR count). The van der Waals surface area contributed by atoms with Gasteiger partial charge in [0, 0.05) is 24.3 Å². The molecular weight excluding hydrogens is 400 g/mol. The fraction of sp³-hybridized carbons (Fsp3) is 0.381. The van der Waals surface area contributed by atoms with Gasteiger partial charge in [-0.25, -0.2) is 28.1 Å². The second-order valence-electron chi connectivity index (χ2n) is 7.95. The summed E-state index contributed by atoms with van der Waals surface area (Å²) < 4.78 is 27.4. The summed E-state index contributed by atoms with van der Waals surface area (Å²) in [6.07, 6.45) is 3.88. The molecule has 8 nitrogen and oxygen atoms in total. The number of benzene rings is 1. The van der Waals surface area contributed by atoms with Crippen LogP contribution in [0.25, 0.3) is 11.4 Å². The number of sulfonamides is 1. The van der Waals surface area contributed by atoms with Crippen LogP contribution >= 0.6 is 0 Å². The zero-order chi connectivity index (χ0) is 21.3. The van der Waals surface area contributed by atoms with Crippen LogP contribution in [0, 0.1) is 12.8 Å². The number of aromatic amines is 1. The van der Waals surface area contributed by atoms with Gasteiger partial charge in [0.1, 0.15) is 5.82 Å². The molecule has 3 aromatic rings. The topological polar surface area (TPSA) is 113 Å². The van der Waals surface area contributed by atoms with Crippen LogP contribution in [-0.4, -0.2) is 34.9 Å². The molecule has 1 aliphatic carbocycles. The Kier molecular flexibility index (Phi) is 5.57. The summed E-state index contributed by atoms with van der Waals surface area (Å²) in [6.45, 7) is 6.62. The zero-order valence-corrected chi connectivity index (χ0v) is 18.1. The molecule has 1 saturated carbocycles. The molecule has 0 bridgehead atoms. The van der Waals surface area contributed by atoms with E-state index in [-0.39, 0.29) is 4.90 Å². The Morgan fingerprint density at radius 1 is 1.13 bits per heavy atom. The van der Waals surface area contributed by atoms with Gasteiger partial charge < -0.3 is 10.3 Å². The summed E-state index contributed by atoms with van der Waals surface area (Å²) in [5.41, 5.74) is 3.20. The molecule has 0 aliphatic heterocycles. The van der Waals surface area contributed by atoms with Crippen LogP contribution < -0.4 is 10.0 Å². The lowest BCUT2D eigenvalue weighted by molar-refractivity contribution is 0.577. The van der Waals surface area contributed by atoms with Crippen LogP contribution in [0.1, 0.15) is 44.1 Å². The lowest BCUT2D eigenvalue weighted by Gasteiger charge is -2.09. The SMILES string of the molecule is Cc1nc(C(C)C)[nH]c1-c1ccnc(Nc2ccc(S(=O)(=O)NCC3CC3)cc2)n1. The maximum atomic E-state index is 12.4. The maximum absolute atomic E-state index is 12.4. The molecule has 0 amide bonds. The van der Waals surface area contributed by atoms with Crippen molar-refractivity contribution in [3.63, 3.8) is 0 Å². The van der Waals surface area contributed by atoms with E-state index >= 15 is 0 Å². The first-order chi connectivity index (χ1) is 14.3. The molecule has 1 aromatic carbocycles. The minimum absolute atomic E-state index is 0.248. The number of nitrogens with one attached hydrogen (secondary N) is 3. The van der Waals surface area contributed by atoms with Crippen LogP contribution in [-0.2, 0) is 10.0 Å². The maximum Gasteiger partial charge on any atom is 0.240 e. The fourth-order valence-electron chi connectivity index (χ4n) is 3.04. The molecule has 3 N–H and O–H groups in total. The molecule has 0 atom stereocenters. The van der Waals surface area contributed by atoms with E-state index in [1.807, 2.05) is 13.0 Å². The fourth-order valence-corrected chi connectivity index (χ4v) is 4.16. The molecule has 0 saturated heterocycles. The van der Waals surface area contributed by atoms with E-state index < -0.39 is 10.0 Å². The molecule has 1 aliphatic rings. The number of hydrogen-bond acceptors (Lipinski definition) is 6. The standard InChI is InChI=1S/C21H26N6O2S/c1-13(2)20-24-14(3)19(27-20)18-10-11-22-21(26-18)25-16-6-8-17(9-7-16)30(28,29)23-12-15-4-5-15/h6-11,13,15,23H,4-5,12H2,1-3H3,(H,24,27)(H,22,25,26). The van der Waals surface area contributed by atoms with Crippen molar-refractivity contribution in [2.24, 2.45) is 5.92 Å². The van der Waals surface area contributed by atoms with E-state index in [4.69, 9.17) is 0 Å². The van der Waals surface area contributed by atoms with E-state index in [1.54, 1.807) is 30.5 Å². The van der Waals surface area contributed by atoms with Gasteiger partial charge in [0.2, 0.25) is 16.0 Å². The average molecular weight is 427 g/mol. The van der Waals surface area contributed by atoms with Crippen LogP contribution in [0.3, 0.4) is 0 Å². The van der Waals surface area contributed by atoms with Crippen LogP contribution in [0.2, 0.25) is 0 Å². The Bertz CT molecular complexity index is 1130. The third kappa shape index (κ3) is 4.68. The molecule has 0 unspecified atom stereocenters. The molecule has 0 radical (unpaired) electrons. The summed E-state index contributed by atoms with van der Waals surface area (Å²) in [5.74, 6) is 2.13. The van der Waals surface area contributed by atoms with Gasteiger partial charge in [0.15, 0.2) is 0 Å². The molecule has 158 valence electrons. The van der Waals surface area contributed by atoms with Gasteiger partial charge in [0.05, 0.1) is 22.0 Å². The number of rotatable bonds is 8. The minimum Gasteiger partial charge on any atom is -0.340 e. The lowest BCUT2D eigenvalue weighted by atomic mass is 10.2. The molecule has 9 heteroatoms. The number of imidazole rings is 1.